The molecular formula is C15H20Cl2N2O2. The van der Waals surface area contributed by atoms with Crippen LogP contribution in [0.4, 0.5) is 0 Å². The molecule has 1 heterocycles. The number of esters is 1. The van der Waals surface area contributed by atoms with Crippen LogP contribution >= 0.6 is 23.2 Å². The second kappa shape index (κ2) is 7.45. The van der Waals surface area contributed by atoms with E-state index < -0.39 is 0 Å². The monoisotopic (exact) mass is 330 g/mol. The maximum atomic E-state index is 12.1. The average Bonchev–Trinajstić information content (AvgIpc) is 2.40. The number of rotatable bonds is 4. The van der Waals surface area contributed by atoms with Crippen molar-refractivity contribution in [1.29, 1.82) is 0 Å². The molecule has 1 aliphatic heterocycles. The smallest absolute Gasteiger partial charge is 0.324 e. The highest BCUT2D eigenvalue weighted by Gasteiger charge is 2.32. The Morgan fingerprint density at radius 3 is 2.57 bits per heavy atom. The van der Waals surface area contributed by atoms with Gasteiger partial charge in [0, 0.05) is 36.2 Å². The molecular weight excluding hydrogens is 311 g/mol. The van der Waals surface area contributed by atoms with Gasteiger partial charge in [-0.3, -0.25) is 9.69 Å². The number of nitrogens with zero attached hydrogens (tertiary/aromatic N) is 2. The third-order valence-electron chi connectivity index (χ3n) is 3.56. The predicted molar refractivity (Wildman–Crippen MR) is 84.8 cm³/mol. The van der Waals surface area contributed by atoms with Crippen LogP contribution in [-0.4, -0.2) is 55.1 Å². The molecule has 1 unspecified atom stereocenters. The lowest BCUT2D eigenvalue weighted by Crippen LogP contribution is -2.55. The van der Waals surface area contributed by atoms with E-state index in [2.05, 4.69) is 9.80 Å². The maximum Gasteiger partial charge on any atom is 0.324 e. The van der Waals surface area contributed by atoms with E-state index in [9.17, 15) is 4.79 Å². The van der Waals surface area contributed by atoms with Crippen molar-refractivity contribution >= 4 is 29.2 Å². The molecule has 116 valence electrons. The van der Waals surface area contributed by atoms with Crippen LogP contribution in [0.3, 0.4) is 0 Å². The van der Waals surface area contributed by atoms with Crippen molar-refractivity contribution in [3.05, 3.63) is 33.8 Å². The van der Waals surface area contributed by atoms with Gasteiger partial charge in [-0.05, 0) is 37.7 Å². The lowest BCUT2D eigenvalue weighted by molar-refractivity contribution is -0.152. The number of halogens is 2. The molecule has 1 aromatic rings. The van der Waals surface area contributed by atoms with Gasteiger partial charge in [-0.15, -0.1) is 0 Å². The molecule has 0 N–H and O–H groups in total. The van der Waals surface area contributed by atoms with E-state index in [0.717, 1.165) is 18.7 Å². The zero-order valence-electron chi connectivity index (χ0n) is 12.3. The van der Waals surface area contributed by atoms with E-state index >= 15 is 0 Å². The minimum absolute atomic E-state index is 0.169. The summed E-state index contributed by atoms with van der Waals surface area (Å²) in [6.45, 7) is 5.26. The Hall–Kier alpha value is -0.810. The van der Waals surface area contributed by atoms with Gasteiger partial charge < -0.3 is 9.64 Å². The summed E-state index contributed by atoms with van der Waals surface area (Å²) in [6, 6.07) is 5.22. The van der Waals surface area contributed by atoms with Gasteiger partial charge in [0.2, 0.25) is 0 Å². The van der Waals surface area contributed by atoms with Crippen LogP contribution < -0.4 is 0 Å². The highest BCUT2D eigenvalue weighted by atomic mass is 35.5. The molecule has 1 saturated heterocycles. The molecule has 0 spiro atoms. The van der Waals surface area contributed by atoms with Crippen LogP contribution in [-0.2, 0) is 16.1 Å². The lowest BCUT2D eigenvalue weighted by Gasteiger charge is -2.38. The third kappa shape index (κ3) is 4.58. The summed E-state index contributed by atoms with van der Waals surface area (Å²) in [4.78, 5) is 16.4. The van der Waals surface area contributed by atoms with E-state index in [-0.39, 0.29) is 12.0 Å². The van der Waals surface area contributed by atoms with Gasteiger partial charge in [0.15, 0.2) is 0 Å². The molecule has 0 aliphatic carbocycles. The molecule has 0 saturated carbocycles. The fourth-order valence-electron chi connectivity index (χ4n) is 2.55. The molecule has 1 fully saturated rings. The molecule has 1 aromatic carbocycles. The van der Waals surface area contributed by atoms with Gasteiger partial charge in [0.05, 0.1) is 6.61 Å². The Balaban J connectivity index is 2.13. The van der Waals surface area contributed by atoms with Crippen molar-refractivity contribution in [1.82, 2.24) is 9.80 Å². The molecule has 1 atom stereocenters. The summed E-state index contributed by atoms with van der Waals surface area (Å²) in [5, 5.41) is 1.22. The fraction of sp³-hybridized carbons (Fsp3) is 0.533. The fourth-order valence-corrected chi connectivity index (χ4v) is 3.12. The van der Waals surface area contributed by atoms with Crippen molar-refractivity contribution in [2.24, 2.45) is 0 Å². The van der Waals surface area contributed by atoms with Crippen molar-refractivity contribution in [2.75, 3.05) is 33.3 Å². The van der Waals surface area contributed by atoms with E-state index in [1.54, 1.807) is 6.07 Å². The predicted octanol–water partition coefficient (Wildman–Crippen LogP) is 2.67. The summed E-state index contributed by atoms with van der Waals surface area (Å²) in [5.41, 5.74) is 1.01. The summed E-state index contributed by atoms with van der Waals surface area (Å²) in [7, 11) is 2.01. The Morgan fingerprint density at radius 2 is 1.95 bits per heavy atom. The second-order valence-electron chi connectivity index (χ2n) is 5.28. The minimum atomic E-state index is -0.249. The number of likely N-dealkylation sites (N-methyl/N-ethyl adjacent to an activating group) is 1. The lowest BCUT2D eigenvalue weighted by atomic mass is 10.1. The number of carbonyl (C=O) groups is 1. The number of hydrogen-bond donors (Lipinski definition) is 0. The standard InChI is InChI=1S/C15H20Cl2N2O2/c1-3-21-15(20)14-10-18(2)4-5-19(14)9-11-6-12(16)8-13(17)7-11/h6-8,14H,3-5,9-10H2,1-2H3. The van der Waals surface area contributed by atoms with Crippen LogP contribution in [0, 0.1) is 0 Å². The molecule has 0 radical (unpaired) electrons. The largest absolute Gasteiger partial charge is 0.465 e. The number of carbonyl (C=O) groups excluding carboxylic acids is 1. The van der Waals surface area contributed by atoms with Crippen molar-refractivity contribution in [3.8, 4) is 0 Å². The quantitative estimate of drug-likeness (QED) is 0.794. The first-order valence-corrected chi connectivity index (χ1v) is 7.79. The van der Waals surface area contributed by atoms with Gasteiger partial charge in [0.1, 0.15) is 6.04 Å². The summed E-state index contributed by atoms with van der Waals surface area (Å²) >= 11 is 12.1. The van der Waals surface area contributed by atoms with Crippen LogP contribution in [0.25, 0.3) is 0 Å². The Bertz CT molecular complexity index is 490. The number of piperazine rings is 1. The van der Waals surface area contributed by atoms with Gasteiger partial charge in [-0.25, -0.2) is 0 Å². The number of hydrogen-bond acceptors (Lipinski definition) is 4. The SMILES string of the molecule is CCOC(=O)C1CN(C)CCN1Cc1cc(Cl)cc(Cl)c1. The van der Waals surface area contributed by atoms with Gasteiger partial charge in [-0.2, -0.15) is 0 Å². The molecule has 1 aliphatic rings. The summed E-state index contributed by atoms with van der Waals surface area (Å²) < 4.78 is 5.19. The molecule has 0 bridgehead atoms. The molecule has 4 nitrogen and oxygen atoms in total. The van der Waals surface area contributed by atoms with Gasteiger partial charge in [0.25, 0.3) is 0 Å². The average molecular weight is 331 g/mol. The van der Waals surface area contributed by atoms with Gasteiger partial charge in [-0.1, -0.05) is 23.2 Å². The van der Waals surface area contributed by atoms with Crippen molar-refractivity contribution in [3.63, 3.8) is 0 Å². The molecule has 0 amide bonds. The highest BCUT2D eigenvalue weighted by molar-refractivity contribution is 6.34. The zero-order chi connectivity index (χ0) is 15.4. The van der Waals surface area contributed by atoms with Gasteiger partial charge >= 0.3 is 5.97 Å². The maximum absolute atomic E-state index is 12.1. The summed E-state index contributed by atoms with van der Waals surface area (Å²) in [6.07, 6.45) is 0. The molecule has 21 heavy (non-hydrogen) atoms. The van der Waals surface area contributed by atoms with E-state index in [4.69, 9.17) is 27.9 Å². The van der Waals surface area contributed by atoms with Crippen LogP contribution in [0.1, 0.15) is 12.5 Å². The number of ether oxygens (including phenoxy) is 1. The Kier molecular flexibility index (Phi) is 5.88. The van der Waals surface area contributed by atoms with E-state index in [0.29, 0.717) is 29.7 Å². The Labute approximate surface area is 135 Å². The topological polar surface area (TPSA) is 32.8 Å². The van der Waals surface area contributed by atoms with E-state index in [1.807, 2.05) is 26.1 Å². The second-order valence-corrected chi connectivity index (χ2v) is 6.15. The first-order valence-electron chi connectivity index (χ1n) is 7.03. The van der Waals surface area contributed by atoms with Crippen molar-refractivity contribution in [2.45, 2.75) is 19.5 Å². The minimum Gasteiger partial charge on any atom is -0.465 e. The van der Waals surface area contributed by atoms with Crippen molar-refractivity contribution < 1.29 is 9.53 Å². The summed E-state index contributed by atoms with van der Waals surface area (Å²) in [5.74, 6) is -0.169. The zero-order valence-corrected chi connectivity index (χ0v) is 13.8. The van der Waals surface area contributed by atoms with E-state index in [1.165, 1.54) is 0 Å². The third-order valence-corrected chi connectivity index (χ3v) is 4.00. The van der Waals surface area contributed by atoms with Crippen LogP contribution in [0.5, 0.6) is 0 Å². The number of benzene rings is 1. The highest BCUT2D eigenvalue weighted by Crippen LogP contribution is 2.22. The Morgan fingerprint density at radius 1 is 1.29 bits per heavy atom. The van der Waals surface area contributed by atoms with Crippen LogP contribution in [0.15, 0.2) is 18.2 Å². The molecule has 2 rings (SSSR count). The normalized spacial score (nSPS) is 20.5. The molecule has 0 aromatic heterocycles. The molecule has 6 heteroatoms. The first kappa shape index (κ1) is 16.6. The first-order chi connectivity index (χ1) is 9.99. The van der Waals surface area contributed by atoms with Crippen LogP contribution in [0.2, 0.25) is 10.0 Å².